The van der Waals surface area contributed by atoms with Crippen LogP contribution in [0.1, 0.15) is 0 Å². The summed E-state index contributed by atoms with van der Waals surface area (Å²) >= 11 is 0. The third kappa shape index (κ3) is 5.51. The molecule has 0 aliphatic heterocycles. The molecule has 0 saturated heterocycles. The molecular weight excluding hydrogens is 768 g/mol. The Morgan fingerprint density at radius 3 is 1.72 bits per heavy atom. The highest BCUT2D eigenvalue weighted by Gasteiger charge is 2.26. The van der Waals surface area contributed by atoms with E-state index >= 15 is 0 Å². The van der Waals surface area contributed by atoms with Crippen LogP contribution in [-0.4, -0.2) is 64.1 Å². The lowest BCUT2D eigenvalue weighted by Gasteiger charge is -2.19. The minimum absolute atomic E-state index is 0.888. The Balaban J connectivity index is 1.14. The Bertz CT molecular complexity index is 3930. The zero-order valence-electron chi connectivity index (χ0n) is 37.4. The second-order valence-electron chi connectivity index (χ2n) is 17.9. The molecule has 0 atom stereocenters. The van der Waals surface area contributed by atoms with Crippen LogP contribution in [0.5, 0.6) is 0 Å². The van der Waals surface area contributed by atoms with Crippen LogP contribution in [0.15, 0.2) is 168 Å². The summed E-state index contributed by atoms with van der Waals surface area (Å²) in [5, 5.41) is 7.42. The van der Waals surface area contributed by atoms with Crippen molar-refractivity contribution < 1.29 is 4.42 Å². The average molecular weight is 810 g/mol. The number of rotatable bonds is 5. The van der Waals surface area contributed by atoms with Gasteiger partial charge in [-0.15, -0.1) is 5.46 Å². The van der Waals surface area contributed by atoms with E-state index in [2.05, 4.69) is 222 Å². The molecule has 12 aromatic rings. The molecule has 0 bridgehead atoms. The molecule has 0 radical (unpaired) electrons. The standard InChI is InChI=1S/C54H41B7N2O/c55-45-42(46(56)50(60)53-43(45)44-47(57)48(58)49(59)51(61)54(44)63(53)32-16-9-15-30(25-32)28-11-3-1-4-12-28)31-21-24-39-38(26-31)37-19-10-18-34(29-13-5-2-6-14-29)52(37)62(39)33-22-23-36-35-17-7-8-20-40(35)64-41(36)27-33/h1-27H,55-61H2. The fourth-order valence-electron chi connectivity index (χ4n) is 11.1. The first-order valence-electron chi connectivity index (χ1n) is 22.4. The zero-order valence-corrected chi connectivity index (χ0v) is 37.4. The van der Waals surface area contributed by atoms with Gasteiger partial charge in [0, 0.05) is 61.0 Å². The Labute approximate surface area is 379 Å². The van der Waals surface area contributed by atoms with Crippen LogP contribution < -0.4 is 38.2 Å². The van der Waals surface area contributed by atoms with Gasteiger partial charge in [-0.05, 0) is 75.7 Å². The Morgan fingerprint density at radius 2 is 0.938 bits per heavy atom. The second kappa shape index (κ2) is 14.4. The third-order valence-electron chi connectivity index (χ3n) is 14.6. The van der Waals surface area contributed by atoms with E-state index in [1.54, 1.807) is 0 Å². The van der Waals surface area contributed by atoms with Crippen molar-refractivity contribution in [2.24, 2.45) is 0 Å². The number of aromatic nitrogens is 2. The zero-order chi connectivity index (χ0) is 43.5. The number of furan rings is 1. The van der Waals surface area contributed by atoms with Gasteiger partial charge in [-0.3, -0.25) is 0 Å². The SMILES string of the molecule is Bc1c(B)c(B)c2c(c1B)c1c(B)c(-c3ccc4c(c3)c3cccc(-c5ccccc5)c3n4-c3ccc4c(c3)oc3ccccc34)c(B)c(B)c1n2-c1cccc(-c2ccccc2)c1. The summed E-state index contributed by atoms with van der Waals surface area (Å²) in [4.78, 5) is 0. The molecule has 12 rings (SSSR count). The number of para-hydroxylation sites is 2. The summed E-state index contributed by atoms with van der Waals surface area (Å²) in [5.74, 6) is 0. The Hall–Kier alpha value is -7.17. The topological polar surface area (TPSA) is 23.0 Å². The molecule has 0 aliphatic carbocycles. The van der Waals surface area contributed by atoms with E-state index < -0.39 is 0 Å². The van der Waals surface area contributed by atoms with Gasteiger partial charge in [-0.2, -0.15) is 0 Å². The highest BCUT2D eigenvalue weighted by atomic mass is 16.3. The summed E-state index contributed by atoms with van der Waals surface area (Å²) in [6, 6.07) is 59.6. The molecule has 64 heavy (non-hydrogen) atoms. The summed E-state index contributed by atoms with van der Waals surface area (Å²) in [7, 11) is 16.3. The van der Waals surface area contributed by atoms with Crippen molar-refractivity contribution in [3.05, 3.63) is 164 Å². The predicted molar refractivity (Wildman–Crippen MR) is 296 cm³/mol. The largest absolute Gasteiger partial charge is 0.456 e. The van der Waals surface area contributed by atoms with Gasteiger partial charge in [0.15, 0.2) is 0 Å². The van der Waals surface area contributed by atoms with Crippen molar-refractivity contribution in [3.8, 4) is 44.8 Å². The molecule has 0 saturated carbocycles. The van der Waals surface area contributed by atoms with Crippen molar-refractivity contribution >= 4 is 159 Å². The number of benzene rings is 9. The molecule has 0 fully saturated rings. The van der Waals surface area contributed by atoms with Crippen molar-refractivity contribution in [1.82, 2.24) is 9.13 Å². The van der Waals surface area contributed by atoms with Gasteiger partial charge >= 0.3 is 0 Å². The molecule has 3 nitrogen and oxygen atoms in total. The first-order valence-corrected chi connectivity index (χ1v) is 22.4. The normalized spacial score (nSPS) is 11.9. The van der Waals surface area contributed by atoms with Gasteiger partial charge in [-0.1, -0.05) is 148 Å². The highest BCUT2D eigenvalue weighted by Crippen LogP contribution is 2.41. The molecule has 3 aromatic heterocycles. The molecule has 0 N–H and O–H groups in total. The average Bonchev–Trinajstić information content (AvgIpc) is 4.01. The number of fused-ring (bicyclic) bond motifs is 9. The summed E-state index contributed by atoms with van der Waals surface area (Å²) in [5.41, 5.74) is 25.7. The maximum absolute atomic E-state index is 6.48. The van der Waals surface area contributed by atoms with E-state index in [1.807, 2.05) is 6.07 Å². The molecule has 10 heteroatoms. The van der Waals surface area contributed by atoms with Gasteiger partial charge in [0.25, 0.3) is 0 Å². The van der Waals surface area contributed by atoms with Crippen molar-refractivity contribution in [3.63, 3.8) is 0 Å². The number of hydrogen-bond donors (Lipinski definition) is 0. The molecule has 0 spiro atoms. The number of hydrogen-bond acceptors (Lipinski definition) is 1. The maximum Gasteiger partial charge on any atom is 0.141 e. The van der Waals surface area contributed by atoms with Gasteiger partial charge in [0.05, 0.1) is 11.0 Å². The monoisotopic (exact) mass is 810 g/mol. The van der Waals surface area contributed by atoms with Crippen LogP contribution in [0, 0.1) is 0 Å². The molecule has 9 aromatic carbocycles. The smallest absolute Gasteiger partial charge is 0.141 e. The fourth-order valence-corrected chi connectivity index (χ4v) is 11.1. The van der Waals surface area contributed by atoms with Crippen LogP contribution in [0.4, 0.5) is 0 Å². The first-order chi connectivity index (χ1) is 31.2. The van der Waals surface area contributed by atoms with E-state index in [0.29, 0.717) is 0 Å². The molecule has 294 valence electrons. The van der Waals surface area contributed by atoms with Gasteiger partial charge in [0.2, 0.25) is 0 Å². The molecule has 0 aliphatic rings. The van der Waals surface area contributed by atoms with Gasteiger partial charge in [0.1, 0.15) is 66.1 Å². The Morgan fingerprint density at radius 1 is 0.328 bits per heavy atom. The molecule has 0 amide bonds. The molecule has 0 unspecified atom stereocenters. The minimum Gasteiger partial charge on any atom is -0.456 e. The fraction of sp³-hybridized carbons (Fsp3) is 0. The van der Waals surface area contributed by atoms with Crippen LogP contribution in [0.3, 0.4) is 0 Å². The highest BCUT2D eigenvalue weighted by molar-refractivity contribution is 6.69. The quantitative estimate of drug-likeness (QED) is 0.246. The lowest BCUT2D eigenvalue weighted by Crippen LogP contribution is -2.48. The van der Waals surface area contributed by atoms with E-state index in [1.165, 1.54) is 115 Å². The van der Waals surface area contributed by atoms with Crippen molar-refractivity contribution in [1.29, 1.82) is 0 Å². The van der Waals surface area contributed by atoms with Gasteiger partial charge in [-0.25, -0.2) is 0 Å². The summed E-state index contributed by atoms with van der Waals surface area (Å²) in [6.07, 6.45) is 0. The van der Waals surface area contributed by atoms with Crippen molar-refractivity contribution in [2.45, 2.75) is 0 Å². The third-order valence-corrected chi connectivity index (χ3v) is 14.6. The first kappa shape index (κ1) is 38.5. The van der Waals surface area contributed by atoms with E-state index in [4.69, 9.17) is 4.42 Å². The van der Waals surface area contributed by atoms with E-state index in [9.17, 15) is 0 Å². The Kier molecular flexibility index (Phi) is 8.69. The summed E-state index contributed by atoms with van der Waals surface area (Å²) < 4.78 is 11.5. The molecular formula is C54H41B7N2O. The van der Waals surface area contributed by atoms with Gasteiger partial charge < -0.3 is 13.6 Å². The lowest BCUT2D eigenvalue weighted by atomic mass is 9.64. The molecule has 3 heterocycles. The lowest BCUT2D eigenvalue weighted by molar-refractivity contribution is 0.668. The predicted octanol–water partition coefficient (Wildman–Crippen LogP) is 2.59. The maximum atomic E-state index is 6.48. The number of nitrogens with zero attached hydrogens (tertiary/aromatic N) is 2. The van der Waals surface area contributed by atoms with E-state index in [-0.39, 0.29) is 0 Å². The van der Waals surface area contributed by atoms with Crippen LogP contribution in [0.2, 0.25) is 0 Å². The van der Waals surface area contributed by atoms with Crippen molar-refractivity contribution in [2.75, 3.05) is 0 Å². The summed E-state index contributed by atoms with van der Waals surface area (Å²) in [6.45, 7) is 0. The van der Waals surface area contributed by atoms with Crippen LogP contribution in [-0.2, 0) is 0 Å². The van der Waals surface area contributed by atoms with Crippen LogP contribution in [0.25, 0.3) is 110 Å². The minimum atomic E-state index is 0.888. The van der Waals surface area contributed by atoms with Crippen LogP contribution >= 0.6 is 0 Å². The second-order valence-corrected chi connectivity index (χ2v) is 17.9. The van der Waals surface area contributed by atoms with E-state index in [0.717, 1.165) is 33.1 Å².